The third-order valence-corrected chi connectivity index (χ3v) is 2.20. The number of hydrogen-bond donors (Lipinski definition) is 1. The largest absolute Gasteiger partial charge is 0.475 e. The first-order chi connectivity index (χ1) is 6.16. The minimum absolute atomic E-state index is 0.0179. The molecule has 0 unspecified atom stereocenters. The fourth-order valence-electron chi connectivity index (χ4n) is 1.31. The molecular formula is C9H11NO3. The molecule has 0 amide bonds. The average Bonchev–Trinajstić information content (AvgIpc) is 2.75. The Bertz CT molecular complexity index is 339. The van der Waals surface area contributed by atoms with Gasteiger partial charge in [-0.3, -0.25) is 0 Å². The number of aromatic nitrogens is 1. The molecule has 1 saturated carbocycles. The second-order valence-electron chi connectivity index (χ2n) is 3.47. The molecule has 0 spiro atoms. The lowest BCUT2D eigenvalue weighted by Gasteiger charge is -1.88. The van der Waals surface area contributed by atoms with Crippen molar-refractivity contribution in [3.63, 3.8) is 0 Å². The summed E-state index contributed by atoms with van der Waals surface area (Å²) in [5, 5.41) is 8.69. The zero-order chi connectivity index (χ0) is 9.42. The molecule has 2 rings (SSSR count). The van der Waals surface area contributed by atoms with Crippen LogP contribution in [0.25, 0.3) is 0 Å². The van der Waals surface area contributed by atoms with E-state index in [1.54, 1.807) is 6.92 Å². The smallest absolute Gasteiger partial charge is 0.373 e. The number of oxazole rings is 1. The molecule has 13 heavy (non-hydrogen) atoms. The van der Waals surface area contributed by atoms with Gasteiger partial charge in [0.1, 0.15) is 0 Å². The SMILES string of the molecule is Cc1nc(CC2CC2)oc1C(=O)O. The lowest BCUT2D eigenvalue weighted by Crippen LogP contribution is -1.95. The van der Waals surface area contributed by atoms with E-state index in [9.17, 15) is 4.79 Å². The van der Waals surface area contributed by atoms with Gasteiger partial charge in [-0.2, -0.15) is 0 Å². The summed E-state index contributed by atoms with van der Waals surface area (Å²) >= 11 is 0. The maximum atomic E-state index is 10.6. The Balaban J connectivity index is 2.18. The highest BCUT2D eigenvalue weighted by molar-refractivity contribution is 5.85. The fraction of sp³-hybridized carbons (Fsp3) is 0.556. The summed E-state index contributed by atoms with van der Waals surface area (Å²) in [7, 11) is 0. The van der Waals surface area contributed by atoms with Crippen LogP contribution < -0.4 is 0 Å². The molecule has 0 aliphatic heterocycles. The van der Waals surface area contributed by atoms with Crippen LogP contribution in [0.5, 0.6) is 0 Å². The summed E-state index contributed by atoms with van der Waals surface area (Å²) in [5.41, 5.74) is 0.475. The monoisotopic (exact) mass is 181 g/mol. The highest BCUT2D eigenvalue weighted by Gasteiger charge is 2.25. The second-order valence-corrected chi connectivity index (χ2v) is 3.47. The van der Waals surface area contributed by atoms with E-state index in [0.29, 0.717) is 17.5 Å². The van der Waals surface area contributed by atoms with Gasteiger partial charge in [-0.05, 0) is 25.7 Å². The van der Waals surface area contributed by atoms with Crippen LogP contribution in [0.1, 0.15) is 35.0 Å². The number of aromatic carboxylic acids is 1. The van der Waals surface area contributed by atoms with Crippen molar-refractivity contribution in [1.82, 2.24) is 4.98 Å². The molecule has 1 aromatic heterocycles. The number of rotatable bonds is 3. The van der Waals surface area contributed by atoms with E-state index >= 15 is 0 Å². The van der Waals surface area contributed by atoms with Gasteiger partial charge in [-0.25, -0.2) is 9.78 Å². The predicted molar refractivity (Wildman–Crippen MR) is 44.6 cm³/mol. The Morgan fingerprint density at radius 2 is 2.38 bits per heavy atom. The van der Waals surface area contributed by atoms with E-state index in [1.807, 2.05) is 0 Å². The van der Waals surface area contributed by atoms with Crippen molar-refractivity contribution >= 4 is 5.97 Å². The van der Waals surface area contributed by atoms with Crippen molar-refractivity contribution in [1.29, 1.82) is 0 Å². The number of aryl methyl sites for hydroxylation is 1. The average molecular weight is 181 g/mol. The second kappa shape index (κ2) is 2.87. The Kier molecular flexibility index (Phi) is 1.83. The zero-order valence-corrected chi connectivity index (χ0v) is 7.41. The van der Waals surface area contributed by atoms with Crippen LogP contribution in [0.3, 0.4) is 0 Å². The van der Waals surface area contributed by atoms with Gasteiger partial charge in [0.05, 0.1) is 5.69 Å². The molecule has 0 radical (unpaired) electrons. The molecule has 1 aromatic rings. The van der Waals surface area contributed by atoms with Gasteiger partial charge in [0.25, 0.3) is 0 Å². The Morgan fingerprint density at radius 3 is 2.85 bits per heavy atom. The minimum Gasteiger partial charge on any atom is -0.475 e. The molecule has 4 nitrogen and oxygen atoms in total. The first kappa shape index (κ1) is 8.29. The Labute approximate surface area is 75.6 Å². The van der Waals surface area contributed by atoms with Crippen LogP contribution >= 0.6 is 0 Å². The normalized spacial score (nSPS) is 16.1. The van der Waals surface area contributed by atoms with Gasteiger partial charge in [-0.1, -0.05) is 0 Å². The van der Waals surface area contributed by atoms with Crippen LogP contribution in [-0.4, -0.2) is 16.1 Å². The number of carboxylic acids is 1. The molecule has 1 aliphatic carbocycles. The zero-order valence-electron chi connectivity index (χ0n) is 7.41. The van der Waals surface area contributed by atoms with Crippen molar-refractivity contribution < 1.29 is 14.3 Å². The molecule has 1 N–H and O–H groups in total. The predicted octanol–water partition coefficient (Wildman–Crippen LogP) is 1.63. The molecule has 0 bridgehead atoms. The topological polar surface area (TPSA) is 63.3 Å². The van der Waals surface area contributed by atoms with E-state index in [-0.39, 0.29) is 5.76 Å². The van der Waals surface area contributed by atoms with Crippen LogP contribution in [0.2, 0.25) is 0 Å². The van der Waals surface area contributed by atoms with E-state index in [2.05, 4.69) is 4.98 Å². The van der Waals surface area contributed by atoms with Crippen LogP contribution in [0.15, 0.2) is 4.42 Å². The third-order valence-electron chi connectivity index (χ3n) is 2.20. The highest BCUT2D eigenvalue weighted by Crippen LogP contribution is 2.32. The standard InChI is InChI=1S/C9H11NO3/c1-5-8(9(11)12)13-7(10-5)4-6-2-3-6/h6H,2-4H2,1H3,(H,11,12). The Morgan fingerprint density at radius 1 is 1.69 bits per heavy atom. The molecule has 1 fully saturated rings. The van der Waals surface area contributed by atoms with E-state index in [4.69, 9.17) is 9.52 Å². The van der Waals surface area contributed by atoms with Crippen LogP contribution in [0.4, 0.5) is 0 Å². The van der Waals surface area contributed by atoms with Crippen molar-refractivity contribution in [3.8, 4) is 0 Å². The summed E-state index contributed by atoms with van der Waals surface area (Å²) in [5.74, 6) is 0.180. The summed E-state index contributed by atoms with van der Waals surface area (Å²) in [6.45, 7) is 1.66. The van der Waals surface area contributed by atoms with Gasteiger partial charge in [0, 0.05) is 6.42 Å². The summed E-state index contributed by atoms with van der Waals surface area (Å²) in [4.78, 5) is 14.7. The van der Waals surface area contributed by atoms with Gasteiger partial charge < -0.3 is 9.52 Å². The van der Waals surface area contributed by atoms with Crippen molar-refractivity contribution in [2.24, 2.45) is 5.92 Å². The van der Waals surface area contributed by atoms with E-state index < -0.39 is 5.97 Å². The Hall–Kier alpha value is -1.32. The minimum atomic E-state index is -1.04. The number of hydrogen-bond acceptors (Lipinski definition) is 3. The van der Waals surface area contributed by atoms with Gasteiger partial charge in [0.2, 0.25) is 5.76 Å². The summed E-state index contributed by atoms with van der Waals surface area (Å²) in [6, 6.07) is 0. The summed E-state index contributed by atoms with van der Waals surface area (Å²) < 4.78 is 5.12. The molecule has 0 aromatic carbocycles. The maximum Gasteiger partial charge on any atom is 0.373 e. The van der Waals surface area contributed by atoms with E-state index in [0.717, 1.165) is 6.42 Å². The highest BCUT2D eigenvalue weighted by atomic mass is 16.4. The molecule has 0 saturated heterocycles. The van der Waals surface area contributed by atoms with Crippen LogP contribution in [0, 0.1) is 12.8 Å². The summed E-state index contributed by atoms with van der Waals surface area (Å²) in [6.07, 6.45) is 3.21. The quantitative estimate of drug-likeness (QED) is 0.769. The van der Waals surface area contributed by atoms with Gasteiger partial charge in [0.15, 0.2) is 5.89 Å². The third kappa shape index (κ3) is 1.71. The maximum absolute atomic E-state index is 10.6. The molecule has 0 atom stereocenters. The number of nitrogens with zero attached hydrogens (tertiary/aromatic N) is 1. The molecule has 70 valence electrons. The molecule has 1 heterocycles. The first-order valence-electron chi connectivity index (χ1n) is 4.36. The number of carboxylic acid groups (broad SMARTS) is 1. The lowest BCUT2D eigenvalue weighted by molar-refractivity contribution is 0.0659. The van der Waals surface area contributed by atoms with Gasteiger partial charge >= 0.3 is 5.97 Å². The fourth-order valence-corrected chi connectivity index (χ4v) is 1.31. The molecule has 4 heteroatoms. The first-order valence-corrected chi connectivity index (χ1v) is 4.36. The van der Waals surface area contributed by atoms with Crippen molar-refractivity contribution in [2.45, 2.75) is 26.2 Å². The molecule has 1 aliphatic rings. The lowest BCUT2D eigenvalue weighted by atomic mass is 10.3. The van der Waals surface area contributed by atoms with Crippen molar-refractivity contribution in [2.75, 3.05) is 0 Å². The van der Waals surface area contributed by atoms with Crippen molar-refractivity contribution in [3.05, 3.63) is 17.3 Å². The van der Waals surface area contributed by atoms with Gasteiger partial charge in [-0.15, -0.1) is 0 Å². The number of carbonyl (C=O) groups is 1. The molecular weight excluding hydrogens is 170 g/mol. The van der Waals surface area contributed by atoms with E-state index in [1.165, 1.54) is 12.8 Å². The van der Waals surface area contributed by atoms with Crippen LogP contribution in [-0.2, 0) is 6.42 Å².